The summed E-state index contributed by atoms with van der Waals surface area (Å²) in [5.41, 5.74) is 0. The van der Waals surface area contributed by atoms with Gasteiger partial charge >= 0.3 is 0 Å². The van der Waals surface area contributed by atoms with E-state index in [4.69, 9.17) is 11.6 Å². The number of hydrogen-bond donors (Lipinski definition) is 1. The standard InChI is InChI=1S/C10H10ClN5O/c1-7(16-6-2-5-12-16)10(17)13-9-4-3-8(11)14-15-9/h2-7H,1H3,(H,13,15,17). The van der Waals surface area contributed by atoms with Gasteiger partial charge < -0.3 is 5.32 Å². The van der Waals surface area contributed by atoms with Gasteiger partial charge in [-0.3, -0.25) is 9.48 Å². The minimum absolute atomic E-state index is 0.217. The molecule has 2 aromatic heterocycles. The summed E-state index contributed by atoms with van der Waals surface area (Å²) in [6, 6.07) is 4.49. The van der Waals surface area contributed by atoms with Gasteiger partial charge in [-0.2, -0.15) is 5.10 Å². The van der Waals surface area contributed by atoms with Gasteiger partial charge in [-0.1, -0.05) is 11.6 Å². The lowest BCUT2D eigenvalue weighted by molar-refractivity contribution is -0.119. The summed E-state index contributed by atoms with van der Waals surface area (Å²) in [5.74, 6) is 0.142. The highest BCUT2D eigenvalue weighted by Crippen LogP contribution is 2.10. The third-order valence-corrected chi connectivity index (χ3v) is 2.39. The molecule has 0 saturated heterocycles. The smallest absolute Gasteiger partial charge is 0.250 e. The molecule has 0 aliphatic carbocycles. The maximum absolute atomic E-state index is 11.8. The topological polar surface area (TPSA) is 72.7 Å². The van der Waals surface area contributed by atoms with Crippen LogP contribution in [-0.2, 0) is 4.79 Å². The quantitative estimate of drug-likeness (QED) is 0.898. The summed E-state index contributed by atoms with van der Waals surface area (Å²) in [7, 11) is 0. The Morgan fingerprint density at radius 1 is 1.47 bits per heavy atom. The first-order chi connectivity index (χ1) is 8.16. The molecule has 17 heavy (non-hydrogen) atoms. The average Bonchev–Trinajstić information content (AvgIpc) is 2.84. The second kappa shape index (κ2) is 4.92. The molecule has 0 bridgehead atoms. The molecule has 1 atom stereocenters. The summed E-state index contributed by atoms with van der Waals surface area (Å²) < 4.78 is 1.55. The van der Waals surface area contributed by atoms with Crippen molar-refractivity contribution < 1.29 is 4.79 Å². The van der Waals surface area contributed by atoms with Crippen LogP contribution in [0, 0.1) is 0 Å². The average molecular weight is 252 g/mol. The molecule has 88 valence electrons. The van der Waals surface area contributed by atoms with Gasteiger partial charge in [-0.05, 0) is 25.1 Å². The van der Waals surface area contributed by atoms with Crippen molar-refractivity contribution in [3.63, 3.8) is 0 Å². The predicted molar refractivity (Wildman–Crippen MR) is 62.6 cm³/mol. The molecule has 1 N–H and O–H groups in total. The molecule has 0 aliphatic rings. The summed E-state index contributed by atoms with van der Waals surface area (Å²) in [4.78, 5) is 11.8. The van der Waals surface area contributed by atoms with E-state index in [0.29, 0.717) is 5.82 Å². The molecule has 2 rings (SSSR count). The fraction of sp³-hybridized carbons (Fsp3) is 0.200. The van der Waals surface area contributed by atoms with E-state index >= 15 is 0 Å². The van der Waals surface area contributed by atoms with Crippen LogP contribution in [0.3, 0.4) is 0 Å². The van der Waals surface area contributed by atoms with E-state index in [9.17, 15) is 4.79 Å². The van der Waals surface area contributed by atoms with Crippen molar-refractivity contribution in [2.45, 2.75) is 13.0 Å². The number of nitrogens with one attached hydrogen (secondary N) is 1. The van der Waals surface area contributed by atoms with E-state index in [1.807, 2.05) is 0 Å². The van der Waals surface area contributed by atoms with Crippen molar-refractivity contribution in [3.8, 4) is 0 Å². The normalized spacial score (nSPS) is 12.1. The van der Waals surface area contributed by atoms with E-state index in [1.165, 1.54) is 0 Å². The van der Waals surface area contributed by atoms with E-state index in [2.05, 4.69) is 20.6 Å². The summed E-state index contributed by atoms with van der Waals surface area (Å²) in [6.45, 7) is 1.74. The zero-order chi connectivity index (χ0) is 12.3. The van der Waals surface area contributed by atoms with E-state index in [-0.39, 0.29) is 11.1 Å². The fourth-order valence-electron chi connectivity index (χ4n) is 1.24. The summed E-state index contributed by atoms with van der Waals surface area (Å²) >= 11 is 5.59. The van der Waals surface area contributed by atoms with Crippen molar-refractivity contribution in [3.05, 3.63) is 35.7 Å². The lowest BCUT2D eigenvalue weighted by Crippen LogP contribution is -2.24. The molecule has 0 aromatic carbocycles. The highest BCUT2D eigenvalue weighted by atomic mass is 35.5. The fourth-order valence-corrected chi connectivity index (χ4v) is 1.34. The van der Waals surface area contributed by atoms with Crippen LogP contribution in [0.15, 0.2) is 30.6 Å². The van der Waals surface area contributed by atoms with Gasteiger partial charge in [0.25, 0.3) is 0 Å². The Kier molecular flexibility index (Phi) is 3.34. The molecule has 0 fully saturated rings. The van der Waals surface area contributed by atoms with Crippen molar-refractivity contribution in [2.75, 3.05) is 5.32 Å². The lowest BCUT2D eigenvalue weighted by Gasteiger charge is -2.11. The Bertz CT molecular complexity index is 496. The maximum Gasteiger partial charge on any atom is 0.250 e. The molecule has 1 amide bonds. The van der Waals surface area contributed by atoms with Crippen LogP contribution < -0.4 is 5.32 Å². The Morgan fingerprint density at radius 2 is 2.29 bits per heavy atom. The summed E-state index contributed by atoms with van der Waals surface area (Å²) in [6.07, 6.45) is 3.34. The van der Waals surface area contributed by atoms with Crippen molar-refractivity contribution in [2.24, 2.45) is 0 Å². The number of rotatable bonds is 3. The molecule has 0 radical (unpaired) electrons. The number of hydrogen-bond acceptors (Lipinski definition) is 4. The monoisotopic (exact) mass is 251 g/mol. The second-order valence-corrected chi connectivity index (χ2v) is 3.78. The molecule has 0 aliphatic heterocycles. The number of aromatic nitrogens is 4. The molecule has 0 saturated carbocycles. The Balaban J connectivity index is 2.04. The lowest BCUT2D eigenvalue weighted by atomic mass is 10.3. The van der Waals surface area contributed by atoms with Crippen molar-refractivity contribution in [1.29, 1.82) is 0 Å². The largest absolute Gasteiger partial charge is 0.307 e. The molecular weight excluding hydrogens is 242 g/mol. The van der Waals surface area contributed by atoms with Crippen molar-refractivity contribution in [1.82, 2.24) is 20.0 Å². The van der Waals surface area contributed by atoms with Gasteiger partial charge in [0.2, 0.25) is 5.91 Å². The number of halogens is 1. The molecule has 2 heterocycles. The van der Waals surface area contributed by atoms with Crippen LogP contribution in [0.1, 0.15) is 13.0 Å². The highest BCUT2D eigenvalue weighted by molar-refractivity contribution is 6.29. The minimum Gasteiger partial charge on any atom is -0.307 e. The number of amides is 1. The van der Waals surface area contributed by atoms with Crippen LogP contribution in [0.25, 0.3) is 0 Å². The molecule has 1 unspecified atom stereocenters. The molecule has 2 aromatic rings. The first kappa shape index (κ1) is 11.5. The number of nitrogens with zero attached hydrogens (tertiary/aromatic N) is 4. The molecule has 0 spiro atoms. The van der Waals surface area contributed by atoms with E-state index in [1.54, 1.807) is 42.2 Å². The Hall–Kier alpha value is -1.95. The summed E-state index contributed by atoms with van der Waals surface area (Å²) in [5, 5.41) is 14.3. The van der Waals surface area contributed by atoms with Gasteiger partial charge in [0.1, 0.15) is 6.04 Å². The van der Waals surface area contributed by atoms with Crippen molar-refractivity contribution >= 4 is 23.3 Å². The van der Waals surface area contributed by atoms with Gasteiger partial charge in [-0.25, -0.2) is 0 Å². The molecule has 6 nitrogen and oxygen atoms in total. The van der Waals surface area contributed by atoms with Gasteiger partial charge in [-0.15, -0.1) is 10.2 Å². The highest BCUT2D eigenvalue weighted by Gasteiger charge is 2.15. The number of carbonyl (C=O) groups excluding carboxylic acids is 1. The number of anilines is 1. The zero-order valence-electron chi connectivity index (χ0n) is 9.04. The maximum atomic E-state index is 11.8. The van der Waals surface area contributed by atoms with Crippen LogP contribution in [-0.4, -0.2) is 25.9 Å². The van der Waals surface area contributed by atoms with Crippen LogP contribution in [0.5, 0.6) is 0 Å². The Labute approximate surface area is 103 Å². The van der Waals surface area contributed by atoms with Crippen LogP contribution >= 0.6 is 11.6 Å². The number of carbonyl (C=O) groups is 1. The van der Waals surface area contributed by atoms with Gasteiger partial charge in [0.15, 0.2) is 11.0 Å². The molecular formula is C10H10ClN5O. The van der Waals surface area contributed by atoms with Gasteiger partial charge in [0.05, 0.1) is 0 Å². The zero-order valence-corrected chi connectivity index (χ0v) is 9.80. The van der Waals surface area contributed by atoms with E-state index < -0.39 is 6.04 Å². The predicted octanol–water partition coefficient (Wildman–Crippen LogP) is 1.53. The third kappa shape index (κ3) is 2.79. The van der Waals surface area contributed by atoms with E-state index in [0.717, 1.165) is 0 Å². The third-order valence-electron chi connectivity index (χ3n) is 2.18. The first-order valence-corrected chi connectivity index (χ1v) is 5.34. The van der Waals surface area contributed by atoms with Crippen LogP contribution in [0.2, 0.25) is 5.15 Å². The second-order valence-electron chi connectivity index (χ2n) is 3.39. The van der Waals surface area contributed by atoms with Crippen LogP contribution in [0.4, 0.5) is 5.82 Å². The molecule has 7 heteroatoms. The van der Waals surface area contributed by atoms with Gasteiger partial charge in [0, 0.05) is 12.4 Å². The first-order valence-electron chi connectivity index (χ1n) is 4.96. The minimum atomic E-state index is -0.414. The Morgan fingerprint density at radius 3 is 2.88 bits per heavy atom. The SMILES string of the molecule is CC(C(=O)Nc1ccc(Cl)nn1)n1cccn1.